The van der Waals surface area contributed by atoms with E-state index in [2.05, 4.69) is 0 Å². The summed E-state index contributed by atoms with van der Waals surface area (Å²) < 4.78 is 44.3. The number of hydrogen-bond donors (Lipinski definition) is 1. The third kappa shape index (κ3) is 1.92. The van der Waals surface area contributed by atoms with E-state index in [0.717, 1.165) is 12.1 Å². The predicted octanol–water partition coefficient (Wildman–Crippen LogP) is 2.08. The summed E-state index contributed by atoms with van der Waals surface area (Å²) in [5.74, 6) is -3.60. The molecule has 3 heterocycles. The van der Waals surface area contributed by atoms with Crippen LogP contribution in [0.5, 0.6) is 0 Å². The molecule has 1 amide bonds. The van der Waals surface area contributed by atoms with Gasteiger partial charge in [0.05, 0.1) is 24.1 Å². The van der Waals surface area contributed by atoms with Gasteiger partial charge in [0.1, 0.15) is 11.5 Å². The van der Waals surface area contributed by atoms with Crippen molar-refractivity contribution in [3.05, 3.63) is 42.0 Å². The minimum atomic E-state index is -4.52. The molecule has 0 unspecified atom stereocenters. The van der Waals surface area contributed by atoms with E-state index in [-0.39, 0.29) is 12.2 Å². The Morgan fingerprint density at radius 2 is 2.12 bits per heavy atom. The molecular weight excluding hydrogens is 327 g/mol. The van der Waals surface area contributed by atoms with Crippen LogP contribution in [0.1, 0.15) is 5.56 Å². The molecule has 5 nitrogen and oxygen atoms in total. The molecule has 3 aliphatic heterocycles. The SMILES string of the molecule is O=C(O)[C@H]1[C@H]2C(=O)N(c3cccc(C(F)(F)F)c3)C[C@]23C=C[C@H]1O3. The number of rotatable bonds is 2. The third-order valence-corrected chi connectivity index (χ3v) is 4.87. The van der Waals surface area contributed by atoms with Crippen LogP contribution < -0.4 is 4.90 Å². The first-order valence-electron chi connectivity index (χ1n) is 7.32. The van der Waals surface area contributed by atoms with Gasteiger partial charge >= 0.3 is 12.1 Å². The summed E-state index contributed by atoms with van der Waals surface area (Å²) in [5, 5.41) is 9.37. The summed E-state index contributed by atoms with van der Waals surface area (Å²) in [6.45, 7) is 0.00852. The second-order valence-corrected chi connectivity index (χ2v) is 6.21. The number of carboxylic acid groups (broad SMARTS) is 1. The Kier molecular flexibility index (Phi) is 2.91. The van der Waals surface area contributed by atoms with Crippen LogP contribution in [0.2, 0.25) is 0 Å². The quantitative estimate of drug-likeness (QED) is 0.838. The molecular formula is C16H12F3NO4. The number of benzene rings is 1. The molecule has 4 rings (SSSR count). The van der Waals surface area contributed by atoms with Crippen LogP contribution in [0.3, 0.4) is 0 Å². The normalized spacial score (nSPS) is 34.0. The topological polar surface area (TPSA) is 66.8 Å². The monoisotopic (exact) mass is 339 g/mol. The number of ether oxygens (including phenoxy) is 1. The van der Waals surface area contributed by atoms with Crippen molar-refractivity contribution in [2.45, 2.75) is 17.9 Å². The van der Waals surface area contributed by atoms with Gasteiger partial charge in [0.25, 0.3) is 0 Å². The van der Waals surface area contributed by atoms with Gasteiger partial charge in [-0.1, -0.05) is 18.2 Å². The van der Waals surface area contributed by atoms with Crippen molar-refractivity contribution >= 4 is 17.6 Å². The summed E-state index contributed by atoms with van der Waals surface area (Å²) in [6, 6.07) is 4.43. The van der Waals surface area contributed by atoms with Gasteiger partial charge < -0.3 is 14.7 Å². The highest BCUT2D eigenvalue weighted by Crippen LogP contribution is 2.52. The molecule has 4 atom stereocenters. The third-order valence-electron chi connectivity index (χ3n) is 4.87. The average Bonchev–Trinajstić information content (AvgIpc) is 3.15. The summed E-state index contributed by atoms with van der Waals surface area (Å²) >= 11 is 0. The van der Waals surface area contributed by atoms with Crippen molar-refractivity contribution in [3.63, 3.8) is 0 Å². The standard InChI is InChI=1S/C16H12F3NO4/c17-16(18,19)8-2-1-3-9(6-8)20-7-15-5-4-10(24-15)11(14(22)23)12(15)13(20)21/h1-6,10-12H,7H2,(H,22,23)/t10-,11-,12+,15-/m1/s1. The zero-order valence-corrected chi connectivity index (χ0v) is 12.2. The van der Waals surface area contributed by atoms with Crippen LogP contribution in [-0.2, 0) is 20.5 Å². The fraction of sp³-hybridized carbons (Fsp3) is 0.375. The van der Waals surface area contributed by atoms with Gasteiger partial charge in [-0.3, -0.25) is 9.59 Å². The minimum Gasteiger partial charge on any atom is -0.481 e. The molecule has 3 aliphatic rings. The maximum absolute atomic E-state index is 12.9. The Balaban J connectivity index is 1.72. The maximum atomic E-state index is 12.9. The molecule has 2 bridgehead atoms. The number of fused-ring (bicyclic) bond motifs is 1. The Morgan fingerprint density at radius 3 is 2.79 bits per heavy atom. The molecule has 2 saturated heterocycles. The van der Waals surface area contributed by atoms with E-state index in [1.807, 2.05) is 0 Å². The molecule has 8 heteroatoms. The predicted molar refractivity (Wildman–Crippen MR) is 75.2 cm³/mol. The van der Waals surface area contributed by atoms with Crippen molar-refractivity contribution in [1.29, 1.82) is 0 Å². The van der Waals surface area contributed by atoms with Gasteiger partial charge in [-0.05, 0) is 18.2 Å². The Morgan fingerprint density at radius 1 is 1.38 bits per heavy atom. The van der Waals surface area contributed by atoms with Gasteiger partial charge in [-0.25, -0.2) is 0 Å². The summed E-state index contributed by atoms with van der Waals surface area (Å²) in [6.07, 6.45) is -1.92. The first kappa shape index (κ1) is 15.2. The fourth-order valence-corrected chi connectivity index (χ4v) is 3.85. The number of halogens is 3. The lowest BCUT2D eigenvalue weighted by molar-refractivity contribution is -0.146. The number of carbonyl (C=O) groups is 2. The maximum Gasteiger partial charge on any atom is 0.416 e. The van der Waals surface area contributed by atoms with Crippen molar-refractivity contribution in [2.24, 2.45) is 11.8 Å². The highest BCUT2D eigenvalue weighted by molar-refractivity contribution is 6.02. The molecule has 1 spiro atoms. The van der Waals surface area contributed by atoms with Crippen LogP contribution in [0.15, 0.2) is 36.4 Å². The molecule has 0 aromatic heterocycles. The number of alkyl halides is 3. The number of nitrogens with zero attached hydrogens (tertiary/aromatic N) is 1. The highest BCUT2D eigenvalue weighted by atomic mass is 19.4. The van der Waals surface area contributed by atoms with E-state index in [0.29, 0.717) is 0 Å². The molecule has 2 fully saturated rings. The van der Waals surface area contributed by atoms with Gasteiger partial charge in [-0.2, -0.15) is 13.2 Å². The number of carboxylic acids is 1. The van der Waals surface area contributed by atoms with Crippen LogP contribution in [0, 0.1) is 11.8 Å². The van der Waals surface area contributed by atoms with E-state index in [4.69, 9.17) is 4.74 Å². The van der Waals surface area contributed by atoms with Crippen LogP contribution in [-0.4, -0.2) is 35.2 Å². The molecule has 1 aromatic rings. The molecule has 0 saturated carbocycles. The lowest BCUT2D eigenvalue weighted by atomic mass is 9.77. The first-order valence-corrected chi connectivity index (χ1v) is 7.32. The van der Waals surface area contributed by atoms with Crippen LogP contribution in [0.4, 0.5) is 18.9 Å². The second kappa shape index (κ2) is 4.60. The van der Waals surface area contributed by atoms with Crippen molar-refractivity contribution in [1.82, 2.24) is 0 Å². The number of amides is 1. The molecule has 0 radical (unpaired) electrons. The fourth-order valence-electron chi connectivity index (χ4n) is 3.85. The zero-order valence-electron chi connectivity index (χ0n) is 12.2. The number of anilines is 1. The Labute approximate surface area is 134 Å². The van der Waals surface area contributed by atoms with E-state index in [1.165, 1.54) is 17.0 Å². The smallest absolute Gasteiger partial charge is 0.416 e. The Bertz CT molecular complexity index is 775. The zero-order chi connectivity index (χ0) is 17.3. The lowest BCUT2D eigenvalue weighted by Gasteiger charge is -2.22. The molecule has 1 aromatic carbocycles. The van der Waals surface area contributed by atoms with Gasteiger partial charge in [0.2, 0.25) is 5.91 Å². The molecule has 1 N–H and O–H groups in total. The number of carbonyl (C=O) groups excluding carboxylic acids is 1. The minimum absolute atomic E-state index is 0.00852. The van der Waals surface area contributed by atoms with Gasteiger partial charge in [-0.15, -0.1) is 0 Å². The Hall–Kier alpha value is -2.35. The van der Waals surface area contributed by atoms with Crippen molar-refractivity contribution < 1.29 is 32.6 Å². The van der Waals surface area contributed by atoms with Crippen molar-refractivity contribution in [2.75, 3.05) is 11.4 Å². The summed E-state index contributed by atoms with van der Waals surface area (Å²) in [7, 11) is 0. The highest BCUT2D eigenvalue weighted by Gasteiger charge is 2.67. The molecule has 126 valence electrons. The van der Waals surface area contributed by atoms with Crippen LogP contribution >= 0.6 is 0 Å². The number of hydrogen-bond acceptors (Lipinski definition) is 3. The largest absolute Gasteiger partial charge is 0.481 e. The molecule has 24 heavy (non-hydrogen) atoms. The summed E-state index contributed by atoms with van der Waals surface area (Å²) in [4.78, 5) is 25.4. The van der Waals surface area contributed by atoms with Gasteiger partial charge in [0.15, 0.2) is 0 Å². The average molecular weight is 339 g/mol. The van der Waals surface area contributed by atoms with E-state index < -0.39 is 47.2 Å². The summed E-state index contributed by atoms with van der Waals surface area (Å²) in [5.41, 5.74) is -1.85. The molecule has 0 aliphatic carbocycles. The van der Waals surface area contributed by atoms with Crippen LogP contribution in [0.25, 0.3) is 0 Å². The van der Waals surface area contributed by atoms with E-state index >= 15 is 0 Å². The van der Waals surface area contributed by atoms with Crippen molar-refractivity contribution in [3.8, 4) is 0 Å². The first-order chi connectivity index (χ1) is 11.2. The van der Waals surface area contributed by atoms with Gasteiger partial charge in [0, 0.05) is 5.69 Å². The second-order valence-electron chi connectivity index (χ2n) is 6.21. The lowest BCUT2D eigenvalue weighted by Crippen LogP contribution is -2.39. The number of aliphatic carboxylic acids is 1. The van der Waals surface area contributed by atoms with E-state index in [1.54, 1.807) is 12.2 Å². The van der Waals surface area contributed by atoms with E-state index in [9.17, 15) is 27.9 Å².